The molecule has 0 fully saturated rings. The summed E-state index contributed by atoms with van der Waals surface area (Å²) >= 11 is 6.95. The summed E-state index contributed by atoms with van der Waals surface area (Å²) in [6.07, 6.45) is 1.09. The number of hydrazone groups is 1. The number of nitrogens with zero attached hydrogens (tertiary/aromatic N) is 3. The van der Waals surface area contributed by atoms with Crippen LogP contribution < -0.4 is 11.2 Å². The highest BCUT2D eigenvalue weighted by Crippen LogP contribution is 2.33. The van der Waals surface area contributed by atoms with Crippen LogP contribution in [-0.4, -0.2) is 21.2 Å². The molecular weight excluding hydrogens is 306 g/mol. The monoisotopic (exact) mass is 313 g/mol. The molecular formula is C10H8ClN5O3S. The third-order valence-corrected chi connectivity index (χ3v) is 3.27. The maximum atomic E-state index is 10.9. The Kier molecular flexibility index (Phi) is 4.01. The van der Waals surface area contributed by atoms with Gasteiger partial charge in [-0.3, -0.25) is 15.5 Å². The SMILES string of the molecule is Nc1csc(NN=Cc2c(O)ccc(Cl)c2[N+](=O)[O-])n1. The smallest absolute Gasteiger partial charge is 0.300 e. The topological polar surface area (TPSA) is 127 Å². The average molecular weight is 314 g/mol. The number of hydrogen-bond acceptors (Lipinski definition) is 8. The average Bonchev–Trinajstić information content (AvgIpc) is 2.79. The van der Waals surface area contributed by atoms with E-state index in [0.29, 0.717) is 10.9 Å². The molecule has 1 heterocycles. The molecule has 0 aliphatic heterocycles. The second-order valence-corrected chi connectivity index (χ2v) is 4.80. The molecule has 20 heavy (non-hydrogen) atoms. The molecule has 0 saturated heterocycles. The highest BCUT2D eigenvalue weighted by atomic mass is 35.5. The van der Waals surface area contributed by atoms with Gasteiger partial charge in [0, 0.05) is 5.38 Å². The van der Waals surface area contributed by atoms with Gasteiger partial charge in [0.15, 0.2) is 0 Å². The Morgan fingerprint density at radius 3 is 2.95 bits per heavy atom. The molecule has 10 heteroatoms. The van der Waals surface area contributed by atoms with Crippen molar-refractivity contribution in [3.05, 3.63) is 38.2 Å². The largest absolute Gasteiger partial charge is 0.507 e. The Bertz CT molecular complexity index is 688. The van der Waals surface area contributed by atoms with Crippen molar-refractivity contribution < 1.29 is 10.0 Å². The molecule has 0 aliphatic rings. The number of nitrogen functional groups attached to an aromatic ring is 1. The van der Waals surface area contributed by atoms with Crippen LogP contribution in [0.2, 0.25) is 5.02 Å². The van der Waals surface area contributed by atoms with E-state index >= 15 is 0 Å². The van der Waals surface area contributed by atoms with Crippen LogP contribution in [0.1, 0.15) is 5.56 Å². The quantitative estimate of drug-likeness (QED) is 0.452. The number of benzene rings is 1. The Morgan fingerprint density at radius 2 is 2.35 bits per heavy atom. The Morgan fingerprint density at radius 1 is 1.60 bits per heavy atom. The number of aromatic hydroxyl groups is 1. The Labute approximate surface area is 121 Å². The van der Waals surface area contributed by atoms with E-state index in [1.165, 1.54) is 23.5 Å². The molecule has 104 valence electrons. The number of rotatable bonds is 4. The fourth-order valence-corrected chi connectivity index (χ4v) is 2.16. The molecule has 2 aromatic rings. The van der Waals surface area contributed by atoms with Crippen LogP contribution in [0, 0.1) is 10.1 Å². The molecule has 0 saturated carbocycles. The summed E-state index contributed by atoms with van der Waals surface area (Å²) in [7, 11) is 0. The fourth-order valence-electron chi connectivity index (χ4n) is 1.37. The molecule has 0 amide bonds. The number of hydrogen-bond donors (Lipinski definition) is 3. The first-order valence-corrected chi connectivity index (χ1v) is 6.40. The number of nitro groups is 1. The zero-order chi connectivity index (χ0) is 14.7. The van der Waals surface area contributed by atoms with E-state index in [1.54, 1.807) is 5.38 Å². The lowest BCUT2D eigenvalue weighted by Gasteiger charge is -2.02. The van der Waals surface area contributed by atoms with Gasteiger partial charge in [0.25, 0.3) is 5.69 Å². The molecule has 1 aromatic carbocycles. The van der Waals surface area contributed by atoms with Gasteiger partial charge in [-0.1, -0.05) is 11.6 Å². The predicted molar refractivity (Wildman–Crippen MR) is 77.5 cm³/mol. The van der Waals surface area contributed by atoms with Crippen molar-refractivity contribution >= 4 is 45.8 Å². The zero-order valence-corrected chi connectivity index (χ0v) is 11.4. The number of aromatic nitrogens is 1. The van der Waals surface area contributed by atoms with Gasteiger partial charge in [-0.2, -0.15) is 5.10 Å². The minimum absolute atomic E-state index is 0.0901. The summed E-state index contributed by atoms with van der Waals surface area (Å²) in [5.74, 6) is 0.0367. The van der Waals surface area contributed by atoms with Crippen molar-refractivity contribution in [1.29, 1.82) is 0 Å². The van der Waals surface area contributed by atoms with Crippen LogP contribution >= 0.6 is 22.9 Å². The Balaban J connectivity index is 2.28. The lowest BCUT2D eigenvalue weighted by atomic mass is 10.2. The van der Waals surface area contributed by atoms with Gasteiger partial charge in [0.05, 0.1) is 11.1 Å². The van der Waals surface area contributed by atoms with Crippen molar-refractivity contribution in [2.75, 3.05) is 11.2 Å². The van der Waals surface area contributed by atoms with Crippen molar-refractivity contribution in [2.24, 2.45) is 5.10 Å². The summed E-state index contributed by atoms with van der Waals surface area (Å²) in [5, 5.41) is 26.3. The van der Waals surface area contributed by atoms with Crippen LogP contribution in [0.25, 0.3) is 0 Å². The van der Waals surface area contributed by atoms with Crippen LogP contribution in [-0.2, 0) is 0 Å². The first-order valence-electron chi connectivity index (χ1n) is 5.15. The molecule has 8 nitrogen and oxygen atoms in total. The minimum Gasteiger partial charge on any atom is -0.507 e. The van der Waals surface area contributed by atoms with Crippen molar-refractivity contribution in [3.63, 3.8) is 0 Å². The third kappa shape index (κ3) is 2.95. The molecule has 0 spiro atoms. The fraction of sp³-hybridized carbons (Fsp3) is 0. The molecule has 0 unspecified atom stereocenters. The summed E-state index contributed by atoms with van der Waals surface area (Å²) < 4.78 is 0. The van der Waals surface area contributed by atoms with Crippen molar-refractivity contribution in [3.8, 4) is 5.75 Å². The number of anilines is 2. The van der Waals surface area contributed by atoms with E-state index in [9.17, 15) is 15.2 Å². The molecule has 0 atom stereocenters. The van der Waals surface area contributed by atoms with E-state index in [4.69, 9.17) is 17.3 Å². The van der Waals surface area contributed by atoms with Gasteiger partial charge >= 0.3 is 0 Å². The summed E-state index contributed by atoms with van der Waals surface area (Å²) in [6.45, 7) is 0. The lowest BCUT2D eigenvalue weighted by Crippen LogP contribution is -1.98. The Hall–Kier alpha value is -2.39. The van der Waals surface area contributed by atoms with Crippen LogP contribution in [0.5, 0.6) is 5.75 Å². The standard InChI is InChI=1S/C10H8ClN5O3S/c11-6-1-2-7(17)5(9(6)16(18)19)3-13-15-10-14-8(12)4-20-10/h1-4,17H,12H2,(H,14,15). The second kappa shape index (κ2) is 5.72. The van der Waals surface area contributed by atoms with Gasteiger partial charge in [-0.05, 0) is 12.1 Å². The third-order valence-electron chi connectivity index (χ3n) is 2.20. The van der Waals surface area contributed by atoms with Gasteiger partial charge in [0.1, 0.15) is 22.2 Å². The van der Waals surface area contributed by atoms with Crippen LogP contribution in [0.3, 0.4) is 0 Å². The summed E-state index contributed by atoms with van der Waals surface area (Å²) in [4.78, 5) is 14.1. The van der Waals surface area contributed by atoms with Gasteiger partial charge < -0.3 is 10.8 Å². The van der Waals surface area contributed by atoms with Crippen molar-refractivity contribution in [2.45, 2.75) is 0 Å². The number of phenols is 1. The van der Waals surface area contributed by atoms with Crippen LogP contribution in [0.15, 0.2) is 22.6 Å². The molecule has 0 aliphatic carbocycles. The highest BCUT2D eigenvalue weighted by Gasteiger charge is 2.21. The van der Waals surface area contributed by atoms with Crippen LogP contribution in [0.4, 0.5) is 16.6 Å². The molecule has 0 bridgehead atoms. The van der Waals surface area contributed by atoms with Gasteiger partial charge in [0.2, 0.25) is 5.13 Å². The zero-order valence-electron chi connectivity index (χ0n) is 9.78. The molecule has 1 aromatic heterocycles. The molecule has 4 N–H and O–H groups in total. The van der Waals surface area contributed by atoms with Crippen molar-refractivity contribution in [1.82, 2.24) is 4.98 Å². The number of nitrogens with one attached hydrogen (secondary N) is 1. The number of phenolic OH excluding ortho intramolecular Hbond substituents is 1. The number of nitrogens with two attached hydrogens (primary N) is 1. The summed E-state index contributed by atoms with van der Waals surface area (Å²) in [6, 6.07) is 2.49. The lowest BCUT2D eigenvalue weighted by molar-refractivity contribution is -0.384. The maximum Gasteiger partial charge on any atom is 0.300 e. The highest BCUT2D eigenvalue weighted by molar-refractivity contribution is 7.14. The minimum atomic E-state index is -0.690. The van der Waals surface area contributed by atoms with Gasteiger partial charge in [-0.25, -0.2) is 4.98 Å². The van der Waals surface area contributed by atoms with E-state index in [0.717, 1.165) is 6.21 Å². The normalized spacial score (nSPS) is 10.8. The first-order chi connectivity index (χ1) is 9.49. The number of halogens is 1. The van der Waals surface area contributed by atoms with E-state index < -0.39 is 10.6 Å². The predicted octanol–water partition coefficient (Wildman–Crippen LogP) is 2.44. The number of thiazole rings is 1. The maximum absolute atomic E-state index is 10.9. The van der Waals surface area contributed by atoms with E-state index in [1.807, 2.05) is 0 Å². The van der Waals surface area contributed by atoms with Gasteiger partial charge in [-0.15, -0.1) is 11.3 Å². The van der Waals surface area contributed by atoms with E-state index in [-0.39, 0.29) is 16.3 Å². The molecule has 2 rings (SSSR count). The second-order valence-electron chi connectivity index (χ2n) is 3.53. The van der Waals surface area contributed by atoms with E-state index in [2.05, 4.69) is 15.5 Å². The number of nitro benzene ring substituents is 1. The molecule has 0 radical (unpaired) electrons. The summed E-state index contributed by atoms with van der Waals surface area (Å²) in [5.41, 5.74) is 7.46. The first kappa shape index (κ1) is 14.0.